The Bertz CT molecular complexity index is 2510. The molecule has 0 aliphatic carbocycles. The van der Waals surface area contributed by atoms with E-state index < -0.39 is 0 Å². The molecule has 0 unspecified atom stereocenters. The number of aromatic nitrogens is 2. The number of ether oxygens (including phenoxy) is 1. The second-order valence-electron chi connectivity index (χ2n) is 13.1. The summed E-state index contributed by atoms with van der Waals surface area (Å²) < 4.78 is 15.3. The fourth-order valence-electron chi connectivity index (χ4n) is 6.67. The summed E-state index contributed by atoms with van der Waals surface area (Å²) in [6, 6.07) is 42.5. The maximum atomic E-state index is 6.72. The number of fused-ring (bicyclic) bond motifs is 7. The summed E-state index contributed by atoms with van der Waals surface area (Å²) in [5.41, 5.74) is 7.64. The second-order valence-corrected chi connectivity index (χ2v) is 13.1. The van der Waals surface area contributed by atoms with Gasteiger partial charge in [0.1, 0.15) is 11.4 Å². The molecule has 1 aliphatic heterocycles. The summed E-state index contributed by atoms with van der Waals surface area (Å²) in [6.45, 7) is 8.73. The predicted molar refractivity (Wildman–Crippen MR) is 190 cm³/mol. The molecule has 5 aromatic carbocycles. The first-order chi connectivity index (χ1) is 22.8. The number of para-hydroxylation sites is 4. The Labute approximate surface area is 293 Å². The van der Waals surface area contributed by atoms with E-state index in [0.717, 1.165) is 61.0 Å². The Morgan fingerprint density at radius 1 is 0.771 bits per heavy atom. The van der Waals surface area contributed by atoms with Gasteiger partial charge in [-0.05, 0) is 59.8 Å². The third kappa shape index (κ3) is 4.78. The Balaban J connectivity index is 0.00000336. The molecule has 0 atom stereocenters. The minimum atomic E-state index is -0.0185. The molecule has 7 heteroatoms. The zero-order valence-corrected chi connectivity index (χ0v) is 29.2. The van der Waals surface area contributed by atoms with Crippen LogP contribution in [0.5, 0.6) is 11.5 Å². The Morgan fingerprint density at radius 2 is 1.52 bits per heavy atom. The molecule has 0 saturated heterocycles. The van der Waals surface area contributed by atoms with Crippen LogP contribution in [0.2, 0.25) is 0 Å². The average molecular weight is 807 g/mol. The molecular weight excluding hydrogens is 776 g/mol. The zero-order chi connectivity index (χ0) is 31.9. The Kier molecular flexibility index (Phi) is 7.12. The van der Waals surface area contributed by atoms with Crippen LogP contribution >= 0.6 is 0 Å². The molecule has 6 nitrogen and oxygen atoms in total. The third-order valence-electron chi connectivity index (χ3n) is 9.04. The van der Waals surface area contributed by atoms with E-state index in [4.69, 9.17) is 14.1 Å². The van der Waals surface area contributed by atoms with Gasteiger partial charge >= 0.3 is 0 Å². The van der Waals surface area contributed by atoms with Crippen molar-refractivity contribution in [2.45, 2.75) is 26.2 Å². The molecule has 4 heterocycles. The smallest absolute Gasteiger partial charge is 0.135 e. The number of furan rings is 1. The van der Waals surface area contributed by atoms with Crippen LogP contribution in [-0.2, 0) is 26.5 Å². The van der Waals surface area contributed by atoms with Gasteiger partial charge in [-0.25, -0.2) is 4.98 Å². The summed E-state index contributed by atoms with van der Waals surface area (Å²) in [4.78, 5) is 9.08. The first kappa shape index (κ1) is 30.3. The van der Waals surface area contributed by atoms with Gasteiger partial charge in [0.05, 0.1) is 11.3 Å². The van der Waals surface area contributed by atoms with Crippen LogP contribution in [0.1, 0.15) is 26.3 Å². The minimum absolute atomic E-state index is 0. The monoisotopic (exact) mass is 806 g/mol. The number of anilines is 3. The van der Waals surface area contributed by atoms with Gasteiger partial charge in [-0.2, -0.15) is 12.7 Å². The first-order valence-corrected chi connectivity index (χ1v) is 15.8. The molecule has 0 radical (unpaired) electrons. The molecule has 0 amide bonds. The van der Waals surface area contributed by atoms with E-state index in [0.29, 0.717) is 17.1 Å². The zero-order valence-electron chi connectivity index (χ0n) is 26.9. The van der Waals surface area contributed by atoms with Crippen LogP contribution in [0.4, 0.5) is 17.1 Å². The normalized spacial score (nSPS) is 13.1. The minimum Gasteiger partial charge on any atom is -0.512 e. The van der Waals surface area contributed by atoms with E-state index in [1.807, 2.05) is 30.5 Å². The second kappa shape index (κ2) is 11.3. The Hall–Kier alpha value is -5.06. The molecular formula is C41H31N4O2Pt-3. The van der Waals surface area contributed by atoms with Crippen LogP contribution in [0, 0.1) is 18.8 Å². The molecule has 240 valence electrons. The van der Waals surface area contributed by atoms with Crippen LogP contribution in [0.25, 0.3) is 49.6 Å². The van der Waals surface area contributed by atoms with Crippen LogP contribution in [0.15, 0.2) is 114 Å². The summed E-state index contributed by atoms with van der Waals surface area (Å²) in [5.74, 6) is 1.91. The third-order valence-corrected chi connectivity index (χ3v) is 9.04. The van der Waals surface area contributed by atoms with Gasteiger partial charge in [-0.1, -0.05) is 85.9 Å². The van der Waals surface area contributed by atoms with Crippen molar-refractivity contribution >= 4 is 60.8 Å². The van der Waals surface area contributed by atoms with Crippen molar-refractivity contribution in [3.63, 3.8) is 0 Å². The van der Waals surface area contributed by atoms with E-state index in [1.165, 1.54) is 5.56 Å². The van der Waals surface area contributed by atoms with E-state index >= 15 is 0 Å². The topological polar surface area (TPSA) is 46.7 Å². The molecule has 0 bridgehead atoms. The summed E-state index contributed by atoms with van der Waals surface area (Å²) in [7, 11) is 2.05. The molecule has 0 spiro atoms. The van der Waals surface area contributed by atoms with Gasteiger partial charge in [0.2, 0.25) is 0 Å². The maximum absolute atomic E-state index is 6.72. The molecule has 0 N–H and O–H groups in total. The van der Waals surface area contributed by atoms with Crippen molar-refractivity contribution in [2.75, 3.05) is 16.8 Å². The van der Waals surface area contributed by atoms with Gasteiger partial charge in [0, 0.05) is 55.3 Å². The fourth-order valence-corrected chi connectivity index (χ4v) is 6.67. The van der Waals surface area contributed by atoms with Crippen molar-refractivity contribution in [3.8, 4) is 17.3 Å². The molecule has 1 aliphatic rings. The number of hydrogen-bond acceptors (Lipinski definition) is 5. The number of nitrogens with zero attached hydrogens (tertiary/aromatic N) is 4. The summed E-state index contributed by atoms with van der Waals surface area (Å²) in [6.07, 6.45) is 1.89. The van der Waals surface area contributed by atoms with Gasteiger partial charge in [0.25, 0.3) is 0 Å². The van der Waals surface area contributed by atoms with Crippen molar-refractivity contribution in [1.29, 1.82) is 0 Å². The number of pyridine rings is 1. The van der Waals surface area contributed by atoms with Gasteiger partial charge in [-0.3, -0.25) is 0 Å². The maximum Gasteiger partial charge on any atom is 0.135 e. The van der Waals surface area contributed by atoms with Crippen LogP contribution in [-0.4, -0.2) is 16.6 Å². The van der Waals surface area contributed by atoms with Gasteiger partial charge < -0.3 is 23.5 Å². The van der Waals surface area contributed by atoms with E-state index in [-0.39, 0.29) is 26.5 Å². The molecule has 9 rings (SSSR count). The van der Waals surface area contributed by atoms with Crippen molar-refractivity contribution in [1.82, 2.24) is 9.55 Å². The van der Waals surface area contributed by atoms with E-state index in [2.05, 4.69) is 140 Å². The molecule has 0 saturated carbocycles. The predicted octanol–water partition coefficient (Wildman–Crippen LogP) is 10.5. The molecule has 3 aromatic heterocycles. The first-order valence-electron chi connectivity index (χ1n) is 15.8. The summed E-state index contributed by atoms with van der Waals surface area (Å²) in [5, 5.41) is 4.19. The molecule has 0 fully saturated rings. The van der Waals surface area contributed by atoms with Gasteiger partial charge in [0.15, 0.2) is 0 Å². The largest absolute Gasteiger partial charge is 0.512 e. The van der Waals surface area contributed by atoms with E-state index in [9.17, 15) is 0 Å². The number of hydrogen-bond donors (Lipinski definition) is 0. The quantitative estimate of drug-likeness (QED) is 0.166. The summed E-state index contributed by atoms with van der Waals surface area (Å²) >= 11 is 0. The van der Waals surface area contributed by atoms with Crippen molar-refractivity contribution in [2.24, 2.45) is 0 Å². The average Bonchev–Trinajstić information content (AvgIpc) is 3.74. The van der Waals surface area contributed by atoms with Crippen molar-refractivity contribution in [3.05, 3.63) is 134 Å². The van der Waals surface area contributed by atoms with Gasteiger partial charge in [-0.15, -0.1) is 29.7 Å². The standard InChI is InChI=1S/C41H31N4O2.Pt/c1-41(2,3)26-19-20-42-39(21-26)45-33-13-7-5-11-29(33)30-18-17-28(24-36(30)45)46-38-23-27(44-25-43(4)34-14-8-9-15-35(34)44)22-32-31-12-6-10-16-37(31)47-40(32)38;/h5-22,25H,1-4H3;/q-3;. The van der Waals surface area contributed by atoms with Crippen LogP contribution < -0.4 is 14.5 Å². The van der Waals surface area contributed by atoms with Crippen molar-refractivity contribution < 1.29 is 30.2 Å². The number of benzene rings is 5. The van der Waals surface area contributed by atoms with Crippen LogP contribution in [0.3, 0.4) is 0 Å². The number of rotatable bonds is 4. The van der Waals surface area contributed by atoms with E-state index in [1.54, 1.807) is 0 Å². The Morgan fingerprint density at radius 3 is 2.35 bits per heavy atom. The molecule has 8 aromatic rings. The SMILES string of the molecule is CN1[CH-]N(c2[c-]c(Oc3[c-]c4c(cc3)c3ccccc3n4-c3cc(C(C)(C)C)ccn3)c3oc4ccccc4c3c2)c2ccccc21.[Pt]. The fraction of sp³-hybridized carbons (Fsp3) is 0.122. The molecule has 48 heavy (non-hydrogen) atoms.